The number of alkyl halides is 3. The molecule has 0 unspecified atom stereocenters. The number of sulfonamides is 1. The number of carbonyl (C=O) groups excluding carboxylic acids is 1. The first-order chi connectivity index (χ1) is 11.1. The Kier molecular flexibility index (Phi) is 4.95. The molecule has 0 aliphatic rings. The SMILES string of the molecule is NS(=O)(=O)Cc1ccc(NC(=O)c2ccccc2C(F)(F)F)cc1. The van der Waals surface area contributed by atoms with Crippen LogP contribution in [0.25, 0.3) is 0 Å². The quantitative estimate of drug-likeness (QED) is 0.881. The summed E-state index contributed by atoms with van der Waals surface area (Å²) in [7, 11) is -3.69. The second-order valence-electron chi connectivity index (χ2n) is 5.00. The molecule has 0 fully saturated rings. The van der Waals surface area contributed by atoms with Crippen LogP contribution in [0.1, 0.15) is 21.5 Å². The van der Waals surface area contributed by atoms with Gasteiger partial charge in [-0.1, -0.05) is 24.3 Å². The van der Waals surface area contributed by atoms with Gasteiger partial charge in [0.15, 0.2) is 0 Å². The Bertz CT molecular complexity index is 847. The lowest BCUT2D eigenvalue weighted by Gasteiger charge is -2.12. The van der Waals surface area contributed by atoms with E-state index in [1.165, 1.54) is 36.4 Å². The molecule has 2 aromatic carbocycles. The number of nitrogens with one attached hydrogen (secondary N) is 1. The standard InChI is InChI=1S/C15H13F3N2O3S/c16-15(17,18)13-4-2-1-3-12(13)14(21)20-11-7-5-10(6-8-11)9-24(19,22)23/h1-8H,9H2,(H,20,21)(H2,19,22,23). The monoisotopic (exact) mass is 358 g/mol. The number of carbonyl (C=O) groups is 1. The molecule has 2 rings (SSSR count). The number of anilines is 1. The predicted molar refractivity (Wildman–Crippen MR) is 82.7 cm³/mol. The van der Waals surface area contributed by atoms with Crippen LogP contribution in [0.2, 0.25) is 0 Å². The van der Waals surface area contributed by atoms with Gasteiger partial charge in [-0.05, 0) is 29.8 Å². The van der Waals surface area contributed by atoms with E-state index in [2.05, 4.69) is 5.32 Å². The average Bonchev–Trinajstić information content (AvgIpc) is 2.47. The summed E-state index contributed by atoms with van der Waals surface area (Å²) in [4.78, 5) is 12.1. The van der Waals surface area contributed by atoms with E-state index in [1.807, 2.05) is 0 Å². The molecule has 128 valence electrons. The van der Waals surface area contributed by atoms with Crippen LogP contribution in [0.4, 0.5) is 18.9 Å². The highest BCUT2D eigenvalue weighted by Gasteiger charge is 2.34. The van der Waals surface area contributed by atoms with E-state index in [0.29, 0.717) is 5.56 Å². The van der Waals surface area contributed by atoms with Crippen LogP contribution < -0.4 is 10.5 Å². The number of primary sulfonamides is 1. The number of benzene rings is 2. The minimum atomic E-state index is -4.65. The largest absolute Gasteiger partial charge is 0.417 e. The Labute approximate surface area is 136 Å². The van der Waals surface area contributed by atoms with Crippen molar-refractivity contribution in [3.63, 3.8) is 0 Å². The highest BCUT2D eigenvalue weighted by atomic mass is 32.2. The van der Waals surface area contributed by atoms with E-state index >= 15 is 0 Å². The molecule has 1 amide bonds. The highest BCUT2D eigenvalue weighted by Crippen LogP contribution is 2.32. The van der Waals surface area contributed by atoms with Crippen molar-refractivity contribution in [2.24, 2.45) is 5.14 Å². The number of hydrogen-bond acceptors (Lipinski definition) is 3. The highest BCUT2D eigenvalue weighted by molar-refractivity contribution is 7.88. The fraction of sp³-hybridized carbons (Fsp3) is 0.133. The number of amides is 1. The minimum Gasteiger partial charge on any atom is -0.322 e. The number of halogens is 3. The van der Waals surface area contributed by atoms with Crippen LogP contribution in [-0.4, -0.2) is 14.3 Å². The normalized spacial score (nSPS) is 12.0. The molecule has 0 saturated carbocycles. The first-order valence-electron chi connectivity index (χ1n) is 6.63. The van der Waals surface area contributed by atoms with Gasteiger partial charge in [0.05, 0.1) is 16.9 Å². The van der Waals surface area contributed by atoms with Crippen LogP contribution >= 0.6 is 0 Å². The van der Waals surface area contributed by atoms with E-state index < -0.39 is 33.2 Å². The maximum atomic E-state index is 12.9. The third-order valence-electron chi connectivity index (χ3n) is 3.06. The summed E-state index contributed by atoms with van der Waals surface area (Å²) < 4.78 is 60.7. The van der Waals surface area contributed by atoms with E-state index in [-0.39, 0.29) is 11.4 Å². The zero-order chi connectivity index (χ0) is 18.0. The molecule has 0 heterocycles. The van der Waals surface area contributed by atoms with Crippen molar-refractivity contribution in [2.75, 3.05) is 5.32 Å². The maximum Gasteiger partial charge on any atom is 0.417 e. The zero-order valence-electron chi connectivity index (χ0n) is 12.2. The number of hydrogen-bond donors (Lipinski definition) is 2. The van der Waals surface area contributed by atoms with E-state index in [0.717, 1.165) is 12.1 Å². The van der Waals surface area contributed by atoms with Crippen molar-refractivity contribution >= 4 is 21.6 Å². The van der Waals surface area contributed by atoms with Crippen LogP contribution in [0.3, 0.4) is 0 Å². The van der Waals surface area contributed by atoms with Gasteiger partial charge in [0.1, 0.15) is 0 Å². The molecule has 0 spiro atoms. The first-order valence-corrected chi connectivity index (χ1v) is 8.35. The third kappa shape index (κ3) is 4.80. The van der Waals surface area contributed by atoms with Gasteiger partial charge in [0.25, 0.3) is 5.91 Å². The summed E-state index contributed by atoms with van der Waals surface area (Å²) in [6.07, 6.45) is -4.65. The topological polar surface area (TPSA) is 89.3 Å². The summed E-state index contributed by atoms with van der Waals surface area (Å²) in [5, 5.41) is 7.26. The fourth-order valence-electron chi connectivity index (χ4n) is 2.04. The average molecular weight is 358 g/mol. The molecule has 24 heavy (non-hydrogen) atoms. The molecule has 0 aliphatic heterocycles. The van der Waals surface area contributed by atoms with Gasteiger partial charge in [-0.3, -0.25) is 4.79 Å². The molecule has 0 bridgehead atoms. The Morgan fingerprint density at radius 1 is 1.04 bits per heavy atom. The maximum absolute atomic E-state index is 12.9. The fourth-order valence-corrected chi connectivity index (χ4v) is 2.70. The lowest BCUT2D eigenvalue weighted by atomic mass is 10.1. The van der Waals surface area contributed by atoms with Crippen LogP contribution in [0, 0.1) is 0 Å². The van der Waals surface area contributed by atoms with Gasteiger partial charge in [-0.25, -0.2) is 13.6 Å². The number of rotatable bonds is 4. The summed E-state index contributed by atoms with van der Waals surface area (Å²) in [6, 6.07) is 10.0. The third-order valence-corrected chi connectivity index (χ3v) is 3.79. The lowest BCUT2D eigenvalue weighted by Crippen LogP contribution is -2.18. The molecule has 5 nitrogen and oxygen atoms in total. The molecule has 3 N–H and O–H groups in total. The molecular formula is C15H13F3N2O3S. The van der Waals surface area contributed by atoms with E-state index in [9.17, 15) is 26.4 Å². The van der Waals surface area contributed by atoms with Crippen molar-refractivity contribution < 1.29 is 26.4 Å². The Morgan fingerprint density at radius 3 is 2.17 bits per heavy atom. The molecular weight excluding hydrogens is 345 g/mol. The second kappa shape index (κ2) is 6.62. The molecule has 0 radical (unpaired) electrons. The molecule has 0 saturated heterocycles. The zero-order valence-corrected chi connectivity index (χ0v) is 13.0. The van der Waals surface area contributed by atoms with Crippen molar-refractivity contribution in [3.8, 4) is 0 Å². The van der Waals surface area contributed by atoms with Crippen molar-refractivity contribution in [2.45, 2.75) is 11.9 Å². The molecule has 0 aromatic heterocycles. The minimum absolute atomic E-state index is 0.232. The van der Waals surface area contributed by atoms with Crippen molar-refractivity contribution in [3.05, 3.63) is 65.2 Å². The molecule has 0 atom stereocenters. The van der Waals surface area contributed by atoms with Gasteiger partial charge in [-0.15, -0.1) is 0 Å². The smallest absolute Gasteiger partial charge is 0.322 e. The predicted octanol–water partition coefficient (Wildman–Crippen LogP) is 2.75. The van der Waals surface area contributed by atoms with Gasteiger partial charge in [-0.2, -0.15) is 13.2 Å². The van der Waals surface area contributed by atoms with E-state index in [4.69, 9.17) is 5.14 Å². The molecule has 2 aromatic rings. The summed E-state index contributed by atoms with van der Waals surface area (Å²) in [5.41, 5.74) is -0.909. The molecule has 0 aliphatic carbocycles. The second-order valence-corrected chi connectivity index (χ2v) is 6.62. The van der Waals surface area contributed by atoms with Gasteiger partial charge in [0.2, 0.25) is 10.0 Å². The van der Waals surface area contributed by atoms with Crippen LogP contribution in [-0.2, 0) is 22.0 Å². The molecule has 9 heteroatoms. The van der Waals surface area contributed by atoms with E-state index in [1.54, 1.807) is 0 Å². The van der Waals surface area contributed by atoms with Gasteiger partial charge < -0.3 is 5.32 Å². The Morgan fingerprint density at radius 2 is 1.62 bits per heavy atom. The summed E-state index contributed by atoms with van der Waals surface area (Å²) in [6.45, 7) is 0. The first kappa shape index (κ1) is 18.0. The van der Waals surface area contributed by atoms with Crippen molar-refractivity contribution in [1.82, 2.24) is 0 Å². The Balaban J connectivity index is 2.19. The summed E-state index contributed by atoms with van der Waals surface area (Å²) in [5.74, 6) is -1.29. The van der Waals surface area contributed by atoms with Gasteiger partial charge >= 0.3 is 6.18 Å². The van der Waals surface area contributed by atoms with Gasteiger partial charge in [0, 0.05) is 5.69 Å². The van der Waals surface area contributed by atoms with Crippen LogP contribution in [0.15, 0.2) is 48.5 Å². The lowest BCUT2D eigenvalue weighted by molar-refractivity contribution is -0.137. The van der Waals surface area contributed by atoms with Crippen molar-refractivity contribution in [1.29, 1.82) is 0 Å². The summed E-state index contributed by atoms with van der Waals surface area (Å²) >= 11 is 0. The number of nitrogens with two attached hydrogens (primary N) is 1. The Hall–Kier alpha value is -2.39. The van der Waals surface area contributed by atoms with Crippen LogP contribution in [0.5, 0.6) is 0 Å².